The van der Waals surface area contributed by atoms with Gasteiger partial charge >= 0.3 is 0 Å². The molecule has 0 bridgehead atoms. The highest BCUT2D eigenvalue weighted by molar-refractivity contribution is 8.00. The van der Waals surface area contributed by atoms with Crippen molar-refractivity contribution in [2.45, 2.75) is 17.3 Å². The normalized spacial score (nSPS) is 12.0. The van der Waals surface area contributed by atoms with Crippen molar-refractivity contribution in [3.8, 4) is 11.8 Å². The molecule has 1 heterocycles. The van der Waals surface area contributed by atoms with Crippen molar-refractivity contribution in [1.29, 1.82) is 5.26 Å². The van der Waals surface area contributed by atoms with Gasteiger partial charge in [0.2, 0.25) is 0 Å². The van der Waals surface area contributed by atoms with E-state index in [4.69, 9.17) is 5.26 Å². The molecule has 0 saturated heterocycles. The maximum atomic E-state index is 14.2. The van der Waals surface area contributed by atoms with Crippen molar-refractivity contribution in [1.82, 2.24) is 9.55 Å². The average Bonchev–Trinajstić information content (AvgIpc) is 2.56. The van der Waals surface area contributed by atoms with Crippen molar-refractivity contribution in [2.24, 2.45) is 0 Å². The molecule has 1 atom stereocenters. The van der Waals surface area contributed by atoms with E-state index in [0.29, 0.717) is 16.1 Å². The molecule has 0 N–H and O–H groups in total. The van der Waals surface area contributed by atoms with Gasteiger partial charge in [0.25, 0.3) is 5.56 Å². The van der Waals surface area contributed by atoms with Crippen LogP contribution >= 0.6 is 11.8 Å². The zero-order chi connectivity index (χ0) is 16.4. The maximum absolute atomic E-state index is 14.2. The summed E-state index contributed by atoms with van der Waals surface area (Å²) < 4.78 is 15.4. The van der Waals surface area contributed by atoms with Gasteiger partial charge in [-0.05, 0) is 31.2 Å². The van der Waals surface area contributed by atoms with Gasteiger partial charge in [0.15, 0.2) is 5.16 Å². The molecule has 6 heteroatoms. The summed E-state index contributed by atoms with van der Waals surface area (Å²) in [5.74, 6) is -0.516. The minimum absolute atomic E-state index is 0.128. The van der Waals surface area contributed by atoms with E-state index in [0.717, 1.165) is 11.8 Å². The van der Waals surface area contributed by atoms with Crippen LogP contribution in [0.5, 0.6) is 0 Å². The lowest BCUT2D eigenvalue weighted by Crippen LogP contribution is -2.23. The summed E-state index contributed by atoms with van der Waals surface area (Å²) in [6.45, 7) is 1.71. The Hall–Kier alpha value is -2.65. The molecule has 0 aliphatic rings. The van der Waals surface area contributed by atoms with Crippen molar-refractivity contribution in [3.63, 3.8) is 0 Å². The smallest absolute Gasteiger partial charge is 0.266 e. The van der Waals surface area contributed by atoms with Gasteiger partial charge in [0.05, 0.1) is 27.9 Å². The zero-order valence-corrected chi connectivity index (χ0v) is 13.0. The summed E-state index contributed by atoms with van der Waals surface area (Å²) in [6, 6.07) is 15.0. The van der Waals surface area contributed by atoms with Crippen LogP contribution in [0.4, 0.5) is 4.39 Å². The Morgan fingerprint density at radius 1 is 1.22 bits per heavy atom. The molecule has 3 rings (SSSR count). The van der Waals surface area contributed by atoms with E-state index in [1.807, 2.05) is 0 Å². The Balaban J connectivity index is 2.36. The first-order chi connectivity index (χ1) is 11.1. The molecule has 1 aromatic heterocycles. The van der Waals surface area contributed by atoms with Gasteiger partial charge < -0.3 is 0 Å². The number of thioether (sulfide) groups is 1. The number of halogens is 1. The first-order valence-corrected chi connectivity index (χ1v) is 7.82. The van der Waals surface area contributed by atoms with E-state index < -0.39 is 11.1 Å². The quantitative estimate of drug-likeness (QED) is 0.546. The molecule has 0 saturated carbocycles. The van der Waals surface area contributed by atoms with Crippen molar-refractivity contribution in [2.75, 3.05) is 0 Å². The Morgan fingerprint density at radius 2 is 1.91 bits per heavy atom. The summed E-state index contributed by atoms with van der Waals surface area (Å²) in [6.07, 6.45) is 0. The second kappa shape index (κ2) is 6.23. The zero-order valence-electron chi connectivity index (χ0n) is 12.2. The summed E-state index contributed by atoms with van der Waals surface area (Å²) in [5.41, 5.74) is 0.300. The molecule has 0 aliphatic carbocycles. The monoisotopic (exact) mass is 325 g/mol. The SMILES string of the molecule is C[C@@H](C#N)Sc1nc2ccccc2c(=O)n1-c1ccccc1F. The number of hydrogen-bond donors (Lipinski definition) is 0. The Kier molecular flexibility index (Phi) is 4.13. The van der Waals surface area contributed by atoms with E-state index in [2.05, 4.69) is 11.1 Å². The lowest BCUT2D eigenvalue weighted by atomic mass is 10.2. The van der Waals surface area contributed by atoms with E-state index in [-0.39, 0.29) is 11.2 Å². The molecular weight excluding hydrogens is 313 g/mol. The molecule has 23 heavy (non-hydrogen) atoms. The van der Waals surface area contributed by atoms with Crippen molar-refractivity contribution >= 4 is 22.7 Å². The van der Waals surface area contributed by atoms with Crippen LogP contribution in [0.2, 0.25) is 0 Å². The van der Waals surface area contributed by atoms with Gasteiger partial charge in [-0.1, -0.05) is 36.0 Å². The number of fused-ring (bicyclic) bond motifs is 1. The van der Waals surface area contributed by atoms with Crippen molar-refractivity contribution in [3.05, 3.63) is 64.7 Å². The molecule has 0 unspecified atom stereocenters. The summed E-state index contributed by atoms with van der Waals surface area (Å²) in [7, 11) is 0. The highest BCUT2D eigenvalue weighted by atomic mass is 32.2. The standard InChI is InChI=1S/C17H12FN3OS/c1-11(10-19)23-17-20-14-8-4-2-6-12(14)16(22)21(17)15-9-5-3-7-13(15)18/h2-9,11H,1H3/t11-/m0/s1. The van der Waals surface area contributed by atoms with Crippen LogP contribution in [0.3, 0.4) is 0 Å². The lowest BCUT2D eigenvalue weighted by molar-refractivity contribution is 0.608. The Morgan fingerprint density at radius 3 is 2.65 bits per heavy atom. The minimum Gasteiger partial charge on any atom is -0.268 e. The topological polar surface area (TPSA) is 58.7 Å². The fourth-order valence-electron chi connectivity index (χ4n) is 2.22. The van der Waals surface area contributed by atoms with Gasteiger partial charge in [-0.2, -0.15) is 5.26 Å². The van der Waals surface area contributed by atoms with Crippen LogP contribution in [-0.2, 0) is 0 Å². The fraction of sp³-hybridized carbons (Fsp3) is 0.118. The minimum atomic E-state index is -0.516. The highest BCUT2D eigenvalue weighted by Crippen LogP contribution is 2.25. The van der Waals surface area contributed by atoms with E-state index >= 15 is 0 Å². The number of benzene rings is 2. The largest absolute Gasteiger partial charge is 0.268 e. The van der Waals surface area contributed by atoms with Gasteiger partial charge in [-0.15, -0.1) is 0 Å². The van der Waals surface area contributed by atoms with E-state index in [1.165, 1.54) is 16.7 Å². The van der Waals surface area contributed by atoms with Crippen LogP contribution in [0.15, 0.2) is 58.5 Å². The lowest BCUT2D eigenvalue weighted by Gasteiger charge is -2.14. The molecule has 0 radical (unpaired) electrons. The molecule has 0 amide bonds. The first kappa shape index (κ1) is 15.3. The van der Waals surface area contributed by atoms with Crippen LogP contribution in [0, 0.1) is 17.1 Å². The molecule has 0 spiro atoms. The molecule has 2 aromatic carbocycles. The van der Waals surface area contributed by atoms with E-state index in [9.17, 15) is 9.18 Å². The number of para-hydroxylation sites is 2. The number of nitrogens with zero attached hydrogens (tertiary/aromatic N) is 3. The third-order valence-electron chi connectivity index (χ3n) is 3.30. The predicted octanol–water partition coefficient (Wildman–Crippen LogP) is 3.53. The fourth-order valence-corrected chi connectivity index (χ4v) is 3.03. The number of aromatic nitrogens is 2. The molecule has 0 aliphatic heterocycles. The first-order valence-electron chi connectivity index (χ1n) is 6.95. The van der Waals surface area contributed by atoms with Crippen molar-refractivity contribution < 1.29 is 4.39 Å². The molecule has 4 nitrogen and oxygen atoms in total. The van der Waals surface area contributed by atoms with Crippen LogP contribution < -0.4 is 5.56 Å². The summed E-state index contributed by atoms with van der Waals surface area (Å²) >= 11 is 1.13. The average molecular weight is 325 g/mol. The maximum Gasteiger partial charge on any atom is 0.266 e. The molecule has 3 aromatic rings. The van der Waals surface area contributed by atoms with Crippen LogP contribution in [0.25, 0.3) is 16.6 Å². The summed E-state index contributed by atoms with van der Waals surface area (Å²) in [4.78, 5) is 17.3. The van der Waals surface area contributed by atoms with Gasteiger partial charge in [-0.25, -0.2) is 9.37 Å². The number of rotatable bonds is 3. The second-order valence-electron chi connectivity index (χ2n) is 4.89. The Labute approximate surface area is 136 Å². The van der Waals surface area contributed by atoms with Crippen LogP contribution in [-0.4, -0.2) is 14.8 Å². The second-order valence-corrected chi connectivity index (χ2v) is 6.20. The van der Waals surface area contributed by atoms with Gasteiger partial charge in [0.1, 0.15) is 5.82 Å². The third-order valence-corrected chi connectivity index (χ3v) is 4.25. The highest BCUT2D eigenvalue weighted by Gasteiger charge is 2.17. The molecular formula is C17H12FN3OS. The van der Waals surface area contributed by atoms with Gasteiger partial charge in [0, 0.05) is 0 Å². The number of nitriles is 1. The van der Waals surface area contributed by atoms with E-state index in [1.54, 1.807) is 43.3 Å². The van der Waals surface area contributed by atoms with Gasteiger partial charge in [-0.3, -0.25) is 9.36 Å². The molecule has 0 fully saturated rings. The third kappa shape index (κ3) is 2.83. The Bertz CT molecular complexity index is 977. The predicted molar refractivity (Wildman–Crippen MR) is 88.2 cm³/mol. The van der Waals surface area contributed by atoms with Crippen LogP contribution in [0.1, 0.15) is 6.92 Å². The summed E-state index contributed by atoms with van der Waals surface area (Å²) in [5, 5.41) is 9.33. The number of hydrogen-bond acceptors (Lipinski definition) is 4. The molecule has 114 valence electrons.